The fourth-order valence-electron chi connectivity index (χ4n) is 5.38. The summed E-state index contributed by atoms with van der Waals surface area (Å²) < 4.78 is 1.84. The average molecular weight is 520 g/mol. The molecule has 37 heavy (non-hydrogen) atoms. The van der Waals surface area contributed by atoms with Crippen molar-refractivity contribution in [2.75, 3.05) is 31.1 Å². The van der Waals surface area contributed by atoms with E-state index < -0.39 is 0 Å². The Morgan fingerprint density at radius 1 is 0.973 bits per heavy atom. The van der Waals surface area contributed by atoms with Crippen molar-refractivity contribution in [1.29, 1.82) is 0 Å². The van der Waals surface area contributed by atoms with E-state index in [-0.39, 0.29) is 17.1 Å². The molecule has 2 aromatic heterocycles. The fraction of sp³-hybridized carbons (Fsp3) is 0.429. The molecule has 0 bridgehead atoms. The number of rotatable bonds is 4. The predicted octanol–water partition coefficient (Wildman–Crippen LogP) is 4.76. The van der Waals surface area contributed by atoms with E-state index in [1.165, 1.54) is 5.56 Å². The first-order chi connectivity index (χ1) is 17.5. The monoisotopic (exact) mass is 519 g/mol. The number of fused-ring (bicyclic) bond motifs is 1. The van der Waals surface area contributed by atoms with Crippen molar-refractivity contribution in [3.8, 4) is 0 Å². The largest absolute Gasteiger partial charge is 0.369 e. The van der Waals surface area contributed by atoms with Crippen LogP contribution in [0, 0.1) is 20.8 Å². The normalized spacial score (nSPS) is 15.9. The number of H-pyrrole nitrogens is 1. The maximum absolute atomic E-state index is 13.6. The van der Waals surface area contributed by atoms with Gasteiger partial charge in [-0.15, -0.1) is 5.10 Å². The number of anilines is 1. The zero-order valence-electron chi connectivity index (χ0n) is 22.3. The van der Waals surface area contributed by atoms with Gasteiger partial charge in [0.15, 0.2) is 5.82 Å². The van der Waals surface area contributed by atoms with E-state index in [9.17, 15) is 4.79 Å². The van der Waals surface area contributed by atoms with E-state index >= 15 is 0 Å². The first-order valence-electron chi connectivity index (χ1n) is 12.7. The van der Waals surface area contributed by atoms with E-state index in [1.54, 1.807) is 0 Å². The Kier molecular flexibility index (Phi) is 6.58. The smallest absolute Gasteiger partial charge is 0.253 e. The van der Waals surface area contributed by atoms with Crippen LogP contribution < -0.4 is 10.5 Å². The summed E-state index contributed by atoms with van der Waals surface area (Å²) in [7, 11) is 0. The topological polar surface area (TPSA) is 82.9 Å². The van der Waals surface area contributed by atoms with Crippen LogP contribution in [-0.2, 0) is 5.54 Å². The highest BCUT2D eigenvalue weighted by atomic mass is 35.5. The first kappa shape index (κ1) is 25.4. The molecule has 1 aliphatic heterocycles. The van der Waals surface area contributed by atoms with Gasteiger partial charge >= 0.3 is 0 Å². The molecule has 1 aliphatic rings. The summed E-state index contributed by atoms with van der Waals surface area (Å²) in [6.45, 7) is 15.5. The van der Waals surface area contributed by atoms with Crippen molar-refractivity contribution in [1.82, 2.24) is 30.1 Å². The molecular formula is C28H34ClN7O. The molecule has 8 nitrogen and oxygen atoms in total. The molecule has 5 rings (SSSR count). The van der Waals surface area contributed by atoms with Crippen LogP contribution in [0.1, 0.15) is 54.9 Å². The van der Waals surface area contributed by atoms with Crippen LogP contribution in [0.2, 0.25) is 5.02 Å². The number of hydrogen-bond donors (Lipinski definition) is 1. The zero-order chi connectivity index (χ0) is 26.5. The van der Waals surface area contributed by atoms with E-state index in [0.29, 0.717) is 11.4 Å². The number of nitrogens with one attached hydrogen (secondary N) is 1. The Balaban J connectivity index is 1.58. The van der Waals surface area contributed by atoms with Gasteiger partial charge in [0.05, 0.1) is 5.54 Å². The molecule has 4 aromatic rings. The Morgan fingerprint density at radius 2 is 1.70 bits per heavy atom. The lowest BCUT2D eigenvalue weighted by Gasteiger charge is -2.40. The molecular weight excluding hydrogens is 486 g/mol. The number of halogens is 1. The number of aryl methyl sites for hydroxylation is 3. The number of tetrazole rings is 1. The highest BCUT2D eigenvalue weighted by Gasteiger charge is 2.35. The predicted molar refractivity (Wildman–Crippen MR) is 149 cm³/mol. The minimum atomic E-state index is -0.384. The Morgan fingerprint density at radius 3 is 2.41 bits per heavy atom. The van der Waals surface area contributed by atoms with Gasteiger partial charge in [-0.3, -0.25) is 9.69 Å². The van der Waals surface area contributed by atoms with Crippen molar-refractivity contribution in [3.63, 3.8) is 0 Å². The standard InChI is InChI=1S/C28H34ClN7O/c1-17-13-19(3)21-16-22(27(37)30-23(21)14-17)25(26-31-32-33-36(26)28(4,5)6)35-11-9-34(10-12-35)24-15-20(29)8-7-18(24)2/h7-8,13-16,25H,9-12H2,1-6H3,(H,30,37)/t25-/m1/s1. The molecule has 3 heterocycles. The second kappa shape index (κ2) is 9.58. The molecule has 1 N–H and O–H groups in total. The quantitative estimate of drug-likeness (QED) is 0.418. The van der Waals surface area contributed by atoms with Gasteiger partial charge < -0.3 is 9.88 Å². The summed E-state index contributed by atoms with van der Waals surface area (Å²) >= 11 is 6.31. The molecule has 1 atom stereocenters. The highest BCUT2D eigenvalue weighted by molar-refractivity contribution is 6.30. The van der Waals surface area contributed by atoms with Gasteiger partial charge in [-0.2, -0.15) is 0 Å². The lowest BCUT2D eigenvalue weighted by Crippen LogP contribution is -2.49. The summed E-state index contributed by atoms with van der Waals surface area (Å²) in [6.07, 6.45) is 0. The van der Waals surface area contributed by atoms with Crippen LogP contribution in [0.15, 0.2) is 41.2 Å². The molecule has 0 amide bonds. The van der Waals surface area contributed by atoms with Crippen molar-refractivity contribution >= 4 is 28.2 Å². The van der Waals surface area contributed by atoms with Gasteiger partial charge in [-0.25, -0.2) is 4.68 Å². The zero-order valence-corrected chi connectivity index (χ0v) is 23.1. The maximum Gasteiger partial charge on any atom is 0.253 e. The second-order valence-corrected chi connectivity index (χ2v) is 11.5. The number of aromatic nitrogens is 5. The van der Waals surface area contributed by atoms with Crippen LogP contribution in [0.25, 0.3) is 10.9 Å². The van der Waals surface area contributed by atoms with Gasteiger partial charge in [-0.1, -0.05) is 23.7 Å². The Hall–Kier alpha value is -3.23. The van der Waals surface area contributed by atoms with Crippen LogP contribution in [0.5, 0.6) is 0 Å². The number of pyridine rings is 1. The van der Waals surface area contributed by atoms with Crippen LogP contribution in [0.3, 0.4) is 0 Å². The second-order valence-electron chi connectivity index (χ2n) is 11.1. The van der Waals surface area contributed by atoms with E-state index in [1.807, 2.05) is 35.9 Å². The van der Waals surface area contributed by atoms with Crippen molar-refractivity contribution < 1.29 is 0 Å². The Bertz CT molecular complexity index is 1510. The average Bonchev–Trinajstić information content (AvgIpc) is 3.32. The lowest BCUT2D eigenvalue weighted by atomic mass is 9.98. The molecule has 1 fully saturated rings. The lowest BCUT2D eigenvalue weighted by molar-refractivity contribution is 0.190. The van der Waals surface area contributed by atoms with Gasteiger partial charge in [0.2, 0.25) is 0 Å². The van der Waals surface area contributed by atoms with Crippen molar-refractivity contribution in [2.45, 2.75) is 53.1 Å². The third kappa shape index (κ3) is 4.88. The molecule has 0 radical (unpaired) electrons. The third-order valence-corrected chi connectivity index (χ3v) is 7.44. The first-order valence-corrected chi connectivity index (χ1v) is 13.1. The van der Waals surface area contributed by atoms with Crippen LogP contribution in [0.4, 0.5) is 5.69 Å². The van der Waals surface area contributed by atoms with Crippen molar-refractivity contribution in [3.05, 3.63) is 79.9 Å². The number of piperazine rings is 1. The van der Waals surface area contributed by atoms with E-state index in [2.05, 4.69) is 77.1 Å². The van der Waals surface area contributed by atoms with Crippen molar-refractivity contribution in [2.24, 2.45) is 0 Å². The molecule has 2 aromatic carbocycles. The summed E-state index contributed by atoms with van der Waals surface area (Å²) in [5.74, 6) is 0.675. The molecule has 0 unspecified atom stereocenters. The summed E-state index contributed by atoms with van der Waals surface area (Å²) in [4.78, 5) is 21.4. The fourth-order valence-corrected chi connectivity index (χ4v) is 5.54. The molecule has 194 valence electrons. The third-order valence-electron chi connectivity index (χ3n) is 7.20. The number of aromatic amines is 1. The summed E-state index contributed by atoms with van der Waals surface area (Å²) in [6, 6.07) is 11.8. The SMILES string of the molecule is Cc1cc(C)c2cc([C@H](c3nnnn3C(C)(C)C)N3CCN(c4cc(Cl)ccc4C)CC3)c(=O)[nH]c2c1. The van der Waals surface area contributed by atoms with Gasteiger partial charge in [0.1, 0.15) is 6.04 Å². The van der Waals surface area contributed by atoms with Gasteiger partial charge in [-0.05, 0) is 92.9 Å². The highest BCUT2D eigenvalue weighted by Crippen LogP contribution is 2.32. The van der Waals surface area contributed by atoms with Crippen LogP contribution in [-0.4, -0.2) is 56.3 Å². The molecule has 0 aliphatic carbocycles. The number of nitrogens with zero attached hydrogens (tertiary/aromatic N) is 6. The van der Waals surface area contributed by atoms with Gasteiger partial charge in [0, 0.05) is 53.4 Å². The molecule has 1 saturated heterocycles. The maximum atomic E-state index is 13.6. The van der Waals surface area contributed by atoms with E-state index in [0.717, 1.165) is 58.9 Å². The summed E-state index contributed by atoms with van der Waals surface area (Å²) in [5, 5.41) is 14.6. The minimum Gasteiger partial charge on any atom is -0.369 e. The summed E-state index contributed by atoms with van der Waals surface area (Å²) in [5.41, 5.74) is 5.65. The minimum absolute atomic E-state index is 0.112. The number of hydrogen-bond acceptors (Lipinski definition) is 6. The molecule has 0 saturated carbocycles. The van der Waals surface area contributed by atoms with Gasteiger partial charge in [0.25, 0.3) is 5.56 Å². The molecule has 0 spiro atoms. The molecule has 9 heteroatoms. The Labute approximate surface area is 222 Å². The van der Waals surface area contributed by atoms with Crippen LogP contribution >= 0.6 is 11.6 Å². The van der Waals surface area contributed by atoms with E-state index in [4.69, 9.17) is 11.6 Å². The number of benzene rings is 2.